The Morgan fingerprint density at radius 1 is 0.656 bits per heavy atom. The van der Waals surface area contributed by atoms with E-state index < -0.39 is 12.4 Å². The van der Waals surface area contributed by atoms with Crippen molar-refractivity contribution >= 4 is 0 Å². The van der Waals surface area contributed by atoms with E-state index >= 15 is 0 Å². The number of hydrogen-bond donors (Lipinski definition) is 1. The summed E-state index contributed by atoms with van der Waals surface area (Å²) in [5.74, 6) is 0. The van der Waals surface area contributed by atoms with Gasteiger partial charge in [-0.05, 0) is 16.7 Å². The third-order valence-corrected chi connectivity index (χ3v) is 5.52. The molecular weight excluding hydrogens is 404 g/mol. The lowest BCUT2D eigenvalue weighted by molar-refractivity contribution is -0.274. The molecular formula is C27H30O5. The average molecular weight is 435 g/mol. The van der Waals surface area contributed by atoms with Crippen LogP contribution in [0.1, 0.15) is 23.1 Å². The summed E-state index contributed by atoms with van der Waals surface area (Å²) >= 11 is 0. The zero-order chi connectivity index (χ0) is 22.0. The molecule has 5 nitrogen and oxygen atoms in total. The molecule has 1 aliphatic rings. The number of benzene rings is 3. The molecule has 1 N–H and O–H groups in total. The van der Waals surface area contributed by atoms with Gasteiger partial charge in [-0.2, -0.15) is 0 Å². The summed E-state index contributed by atoms with van der Waals surface area (Å²) < 4.78 is 24.0. The maximum atomic E-state index is 10.6. The predicted octanol–water partition coefficient (Wildman–Crippen LogP) is 4.48. The summed E-state index contributed by atoms with van der Waals surface area (Å²) in [7, 11) is 0. The molecule has 0 amide bonds. The fourth-order valence-electron chi connectivity index (χ4n) is 3.75. The fourth-order valence-corrected chi connectivity index (χ4v) is 3.75. The van der Waals surface area contributed by atoms with Crippen molar-refractivity contribution in [3.05, 3.63) is 108 Å². The number of aliphatic hydroxyl groups is 1. The first-order valence-corrected chi connectivity index (χ1v) is 11.0. The van der Waals surface area contributed by atoms with Crippen LogP contribution in [0.4, 0.5) is 0 Å². The highest BCUT2D eigenvalue weighted by Crippen LogP contribution is 2.26. The second kappa shape index (κ2) is 11.9. The molecule has 0 radical (unpaired) electrons. The Hall–Kier alpha value is -2.54. The van der Waals surface area contributed by atoms with Crippen LogP contribution in [0.15, 0.2) is 91.0 Å². The molecule has 32 heavy (non-hydrogen) atoms. The average Bonchev–Trinajstić information content (AvgIpc) is 2.85. The molecule has 0 aliphatic carbocycles. The zero-order valence-corrected chi connectivity index (χ0v) is 18.1. The highest BCUT2D eigenvalue weighted by Gasteiger charge is 2.38. The largest absolute Gasteiger partial charge is 0.374 e. The van der Waals surface area contributed by atoms with E-state index in [-0.39, 0.29) is 12.2 Å². The highest BCUT2D eigenvalue weighted by molar-refractivity contribution is 5.15. The monoisotopic (exact) mass is 434 g/mol. The van der Waals surface area contributed by atoms with Gasteiger partial charge < -0.3 is 24.1 Å². The van der Waals surface area contributed by atoms with Crippen LogP contribution in [0, 0.1) is 0 Å². The standard InChI is InChI=1S/C27H30O5/c28-27-25(31-19-23-14-8-3-9-15-23)16-24(30-18-22-12-6-2-7-13-22)26(32-27)20-29-17-21-10-4-1-5-11-21/h1-15,24-28H,16-20H2. The topological polar surface area (TPSA) is 57.2 Å². The molecule has 4 unspecified atom stereocenters. The number of hydrogen-bond acceptors (Lipinski definition) is 5. The Balaban J connectivity index is 1.36. The molecule has 0 saturated carbocycles. The number of ether oxygens (including phenoxy) is 4. The van der Waals surface area contributed by atoms with Gasteiger partial charge in [0.25, 0.3) is 0 Å². The van der Waals surface area contributed by atoms with E-state index in [2.05, 4.69) is 0 Å². The second-order valence-electron chi connectivity index (χ2n) is 7.97. The molecule has 3 aromatic rings. The van der Waals surface area contributed by atoms with Crippen LogP contribution >= 0.6 is 0 Å². The molecule has 1 saturated heterocycles. The van der Waals surface area contributed by atoms with Crippen molar-refractivity contribution in [3.63, 3.8) is 0 Å². The molecule has 1 heterocycles. The van der Waals surface area contributed by atoms with Crippen LogP contribution < -0.4 is 0 Å². The molecule has 168 valence electrons. The van der Waals surface area contributed by atoms with Gasteiger partial charge in [-0.1, -0.05) is 91.0 Å². The SMILES string of the molecule is OC1OC(COCc2ccccc2)C(OCc2ccccc2)CC1OCc1ccccc1. The first-order valence-electron chi connectivity index (χ1n) is 11.0. The Morgan fingerprint density at radius 3 is 1.66 bits per heavy atom. The zero-order valence-electron chi connectivity index (χ0n) is 18.1. The molecule has 3 aromatic carbocycles. The smallest absolute Gasteiger partial charge is 0.181 e. The maximum Gasteiger partial charge on any atom is 0.181 e. The van der Waals surface area contributed by atoms with Crippen molar-refractivity contribution in [1.82, 2.24) is 0 Å². The minimum Gasteiger partial charge on any atom is -0.374 e. The van der Waals surface area contributed by atoms with Crippen molar-refractivity contribution in [3.8, 4) is 0 Å². The van der Waals surface area contributed by atoms with Gasteiger partial charge in [0, 0.05) is 6.42 Å². The van der Waals surface area contributed by atoms with Crippen molar-refractivity contribution in [2.45, 2.75) is 50.8 Å². The van der Waals surface area contributed by atoms with Gasteiger partial charge in [0.1, 0.15) is 12.2 Å². The molecule has 4 rings (SSSR count). The van der Waals surface area contributed by atoms with Crippen LogP contribution in [-0.2, 0) is 38.8 Å². The second-order valence-corrected chi connectivity index (χ2v) is 7.97. The van der Waals surface area contributed by atoms with Gasteiger partial charge >= 0.3 is 0 Å². The van der Waals surface area contributed by atoms with Crippen LogP contribution in [-0.4, -0.2) is 36.3 Å². The molecule has 1 fully saturated rings. The van der Waals surface area contributed by atoms with E-state index in [0.717, 1.165) is 16.7 Å². The normalized spacial score (nSPS) is 23.2. The summed E-state index contributed by atoms with van der Waals surface area (Å²) in [6.07, 6.45) is -1.61. The molecule has 0 bridgehead atoms. The molecule has 4 atom stereocenters. The summed E-state index contributed by atoms with van der Waals surface area (Å²) in [5.41, 5.74) is 3.23. The van der Waals surface area contributed by atoms with Gasteiger partial charge in [0.2, 0.25) is 0 Å². The van der Waals surface area contributed by atoms with Gasteiger partial charge in [-0.3, -0.25) is 0 Å². The maximum absolute atomic E-state index is 10.6. The Kier molecular flexibility index (Phi) is 8.42. The summed E-state index contributed by atoms with van der Waals surface area (Å²) in [6, 6.07) is 29.9. The lowest BCUT2D eigenvalue weighted by atomic mass is 10.0. The Bertz CT molecular complexity index is 903. The van der Waals surface area contributed by atoms with Crippen molar-refractivity contribution in [2.75, 3.05) is 6.61 Å². The third kappa shape index (κ3) is 6.73. The van der Waals surface area contributed by atoms with Gasteiger partial charge in [-0.25, -0.2) is 0 Å². The van der Waals surface area contributed by atoms with Crippen LogP contribution in [0.2, 0.25) is 0 Å². The summed E-state index contributed by atoms with van der Waals surface area (Å²) in [4.78, 5) is 0. The molecule has 0 aromatic heterocycles. The molecule has 5 heteroatoms. The lowest BCUT2D eigenvalue weighted by Gasteiger charge is -2.39. The summed E-state index contributed by atoms with van der Waals surface area (Å²) in [5, 5.41) is 10.6. The first-order chi connectivity index (χ1) is 15.8. The minimum absolute atomic E-state index is 0.254. The lowest BCUT2D eigenvalue weighted by Crippen LogP contribution is -2.50. The van der Waals surface area contributed by atoms with E-state index in [1.807, 2.05) is 91.0 Å². The Labute approximate surface area is 189 Å². The van der Waals surface area contributed by atoms with E-state index in [0.29, 0.717) is 32.8 Å². The van der Waals surface area contributed by atoms with Crippen LogP contribution in [0.3, 0.4) is 0 Å². The highest BCUT2D eigenvalue weighted by atomic mass is 16.7. The van der Waals surface area contributed by atoms with Crippen molar-refractivity contribution in [2.24, 2.45) is 0 Å². The minimum atomic E-state index is -1.03. The Morgan fingerprint density at radius 2 is 1.12 bits per heavy atom. The molecule has 0 spiro atoms. The van der Waals surface area contributed by atoms with Crippen LogP contribution in [0.25, 0.3) is 0 Å². The van der Waals surface area contributed by atoms with Crippen molar-refractivity contribution < 1.29 is 24.1 Å². The van der Waals surface area contributed by atoms with Gasteiger partial charge in [0.05, 0.1) is 32.5 Å². The summed E-state index contributed by atoms with van der Waals surface area (Å²) in [6.45, 7) is 1.69. The number of rotatable bonds is 10. The first kappa shape index (κ1) is 22.6. The van der Waals surface area contributed by atoms with Crippen LogP contribution in [0.5, 0.6) is 0 Å². The van der Waals surface area contributed by atoms with Crippen molar-refractivity contribution in [1.29, 1.82) is 0 Å². The van der Waals surface area contributed by atoms with Gasteiger partial charge in [0.15, 0.2) is 6.29 Å². The predicted molar refractivity (Wildman–Crippen MR) is 122 cm³/mol. The third-order valence-electron chi connectivity index (χ3n) is 5.52. The van der Waals surface area contributed by atoms with E-state index in [9.17, 15) is 5.11 Å². The fraction of sp³-hybridized carbons (Fsp3) is 0.333. The van der Waals surface area contributed by atoms with E-state index in [1.54, 1.807) is 0 Å². The van der Waals surface area contributed by atoms with Gasteiger partial charge in [-0.15, -0.1) is 0 Å². The van der Waals surface area contributed by atoms with E-state index in [4.69, 9.17) is 18.9 Å². The quantitative estimate of drug-likeness (QED) is 0.510. The number of aliphatic hydroxyl groups excluding tert-OH is 1. The van der Waals surface area contributed by atoms with E-state index in [1.165, 1.54) is 0 Å². The molecule has 1 aliphatic heterocycles.